The van der Waals surface area contributed by atoms with Crippen molar-refractivity contribution in [2.24, 2.45) is 11.8 Å². The molecule has 1 heterocycles. The molecule has 23 heavy (non-hydrogen) atoms. The molecule has 2 amide bonds. The van der Waals surface area contributed by atoms with E-state index in [0.717, 1.165) is 12.8 Å². The number of nitrogens with zero attached hydrogens (tertiary/aromatic N) is 1. The average Bonchev–Trinajstić information content (AvgIpc) is 3.37. The number of amides is 2. The number of benzene rings is 1. The van der Waals surface area contributed by atoms with Gasteiger partial charge in [0.1, 0.15) is 5.82 Å². The Hall–Kier alpha value is -1.62. The molecule has 0 radical (unpaired) electrons. The molecule has 2 N–H and O–H groups in total. The first-order valence-electron chi connectivity index (χ1n) is 8.49. The van der Waals surface area contributed by atoms with Gasteiger partial charge in [0.25, 0.3) is 0 Å². The monoisotopic (exact) mass is 320 g/mol. The fourth-order valence-corrected chi connectivity index (χ4v) is 3.63. The second kappa shape index (κ2) is 6.48. The quantitative estimate of drug-likeness (QED) is 0.896. The number of hydrogen-bond donors (Lipinski definition) is 2. The molecular weight excluding hydrogens is 295 g/mol. The topological polar surface area (TPSA) is 52.6 Å². The lowest BCUT2D eigenvalue weighted by Crippen LogP contribution is -2.55. The van der Waals surface area contributed by atoms with Crippen LogP contribution in [0.15, 0.2) is 24.3 Å². The number of carbonyl (C=O) groups is 1. The van der Waals surface area contributed by atoms with E-state index in [1.54, 1.807) is 23.1 Å². The number of rotatable bonds is 4. The van der Waals surface area contributed by atoms with E-state index in [2.05, 4.69) is 5.32 Å². The minimum Gasteiger partial charge on any atom is -0.389 e. The summed E-state index contributed by atoms with van der Waals surface area (Å²) < 4.78 is 13.5. The minimum atomic E-state index is -0.593. The van der Waals surface area contributed by atoms with Crippen molar-refractivity contribution < 1.29 is 14.3 Å². The Labute approximate surface area is 136 Å². The SMILES string of the molecule is CC1CN(C(=O)NCCc2ccccc2F)CCC1(O)C1CC1. The molecule has 2 aliphatic rings. The van der Waals surface area contributed by atoms with Crippen LogP contribution in [0.4, 0.5) is 9.18 Å². The van der Waals surface area contributed by atoms with E-state index in [9.17, 15) is 14.3 Å². The first-order chi connectivity index (χ1) is 11.0. The third-order valence-electron chi connectivity index (χ3n) is 5.33. The summed E-state index contributed by atoms with van der Waals surface area (Å²) in [6, 6.07) is 6.51. The zero-order chi connectivity index (χ0) is 16.4. The summed E-state index contributed by atoms with van der Waals surface area (Å²) >= 11 is 0. The molecule has 2 atom stereocenters. The van der Waals surface area contributed by atoms with Gasteiger partial charge in [-0.2, -0.15) is 0 Å². The number of carbonyl (C=O) groups excluding carboxylic acids is 1. The highest BCUT2D eigenvalue weighted by atomic mass is 19.1. The summed E-state index contributed by atoms with van der Waals surface area (Å²) in [5, 5.41) is 13.6. The summed E-state index contributed by atoms with van der Waals surface area (Å²) in [7, 11) is 0. The van der Waals surface area contributed by atoms with Crippen molar-refractivity contribution in [1.82, 2.24) is 10.2 Å². The van der Waals surface area contributed by atoms with Crippen LogP contribution in [0.3, 0.4) is 0 Å². The molecule has 1 aliphatic carbocycles. The maximum atomic E-state index is 13.5. The highest BCUT2D eigenvalue weighted by molar-refractivity contribution is 5.74. The van der Waals surface area contributed by atoms with E-state index in [4.69, 9.17) is 0 Å². The van der Waals surface area contributed by atoms with E-state index in [1.807, 2.05) is 6.92 Å². The maximum Gasteiger partial charge on any atom is 0.317 e. The molecule has 4 nitrogen and oxygen atoms in total. The summed E-state index contributed by atoms with van der Waals surface area (Å²) in [6.07, 6.45) is 3.35. The van der Waals surface area contributed by atoms with Crippen molar-refractivity contribution in [2.45, 2.75) is 38.2 Å². The van der Waals surface area contributed by atoms with Crippen molar-refractivity contribution >= 4 is 6.03 Å². The molecule has 0 aromatic heterocycles. The van der Waals surface area contributed by atoms with Gasteiger partial charge in [0.2, 0.25) is 0 Å². The smallest absolute Gasteiger partial charge is 0.317 e. The van der Waals surface area contributed by atoms with Gasteiger partial charge in [-0.1, -0.05) is 25.1 Å². The fraction of sp³-hybridized carbons (Fsp3) is 0.611. The lowest BCUT2D eigenvalue weighted by molar-refractivity contribution is -0.0732. The minimum absolute atomic E-state index is 0.0982. The van der Waals surface area contributed by atoms with Gasteiger partial charge in [-0.3, -0.25) is 0 Å². The van der Waals surface area contributed by atoms with Crippen molar-refractivity contribution in [3.8, 4) is 0 Å². The lowest BCUT2D eigenvalue weighted by Gasteiger charge is -2.43. The van der Waals surface area contributed by atoms with Gasteiger partial charge in [0.15, 0.2) is 0 Å². The largest absolute Gasteiger partial charge is 0.389 e. The molecule has 5 heteroatoms. The van der Waals surface area contributed by atoms with Crippen molar-refractivity contribution in [3.05, 3.63) is 35.6 Å². The summed E-state index contributed by atoms with van der Waals surface area (Å²) in [5.74, 6) is 0.285. The number of aliphatic hydroxyl groups is 1. The average molecular weight is 320 g/mol. The number of halogens is 1. The van der Waals surface area contributed by atoms with Crippen LogP contribution in [0.25, 0.3) is 0 Å². The van der Waals surface area contributed by atoms with Crippen LogP contribution < -0.4 is 5.32 Å². The number of piperidine rings is 1. The molecule has 126 valence electrons. The predicted molar refractivity (Wildman–Crippen MR) is 86.5 cm³/mol. The molecule has 2 fully saturated rings. The summed E-state index contributed by atoms with van der Waals surface area (Å²) in [6.45, 7) is 3.61. The molecule has 1 saturated carbocycles. The molecule has 0 spiro atoms. The van der Waals surface area contributed by atoms with Crippen molar-refractivity contribution in [1.29, 1.82) is 0 Å². The molecule has 1 aliphatic heterocycles. The second-order valence-electron chi connectivity index (χ2n) is 6.94. The van der Waals surface area contributed by atoms with E-state index in [1.165, 1.54) is 6.07 Å². The van der Waals surface area contributed by atoms with Gasteiger partial charge in [-0.15, -0.1) is 0 Å². The molecule has 1 aromatic carbocycles. The van der Waals surface area contributed by atoms with Crippen LogP contribution in [-0.2, 0) is 6.42 Å². The van der Waals surface area contributed by atoms with Crippen molar-refractivity contribution in [2.75, 3.05) is 19.6 Å². The summed E-state index contributed by atoms with van der Waals surface area (Å²) in [4.78, 5) is 14.0. The fourth-order valence-electron chi connectivity index (χ4n) is 3.63. The Bertz CT molecular complexity index is 576. The van der Waals surface area contributed by atoms with Gasteiger partial charge in [-0.25, -0.2) is 9.18 Å². The third-order valence-corrected chi connectivity index (χ3v) is 5.33. The van der Waals surface area contributed by atoms with E-state index < -0.39 is 5.60 Å². The molecule has 0 bridgehead atoms. The zero-order valence-electron chi connectivity index (χ0n) is 13.6. The highest BCUT2D eigenvalue weighted by Crippen LogP contribution is 2.47. The van der Waals surface area contributed by atoms with E-state index >= 15 is 0 Å². The van der Waals surface area contributed by atoms with Gasteiger partial charge >= 0.3 is 6.03 Å². The van der Waals surface area contributed by atoms with Crippen LogP contribution in [0.1, 0.15) is 31.7 Å². The number of hydrogen-bond acceptors (Lipinski definition) is 2. The van der Waals surface area contributed by atoms with Crippen LogP contribution in [0, 0.1) is 17.7 Å². The van der Waals surface area contributed by atoms with Crippen LogP contribution in [-0.4, -0.2) is 41.3 Å². The lowest BCUT2D eigenvalue weighted by atomic mass is 9.78. The first-order valence-corrected chi connectivity index (χ1v) is 8.49. The van der Waals surface area contributed by atoms with Gasteiger partial charge in [0.05, 0.1) is 5.60 Å². The highest BCUT2D eigenvalue weighted by Gasteiger charge is 2.50. The van der Waals surface area contributed by atoms with Gasteiger partial charge in [0, 0.05) is 25.6 Å². The summed E-state index contributed by atoms with van der Waals surface area (Å²) in [5.41, 5.74) is 0.0205. The Morgan fingerprint density at radius 2 is 2.17 bits per heavy atom. The number of nitrogens with one attached hydrogen (secondary N) is 1. The van der Waals surface area contributed by atoms with Gasteiger partial charge < -0.3 is 15.3 Å². The maximum absolute atomic E-state index is 13.5. The van der Waals surface area contributed by atoms with Crippen molar-refractivity contribution in [3.63, 3.8) is 0 Å². The Morgan fingerprint density at radius 1 is 1.43 bits per heavy atom. The molecule has 1 aromatic rings. The molecular formula is C18H25FN2O2. The Morgan fingerprint density at radius 3 is 2.83 bits per heavy atom. The Kier molecular flexibility index (Phi) is 4.57. The zero-order valence-corrected chi connectivity index (χ0v) is 13.6. The van der Waals surface area contributed by atoms with Crippen LogP contribution >= 0.6 is 0 Å². The van der Waals surface area contributed by atoms with Crippen LogP contribution in [0.5, 0.6) is 0 Å². The second-order valence-corrected chi connectivity index (χ2v) is 6.94. The number of likely N-dealkylation sites (tertiary alicyclic amines) is 1. The van der Waals surface area contributed by atoms with E-state index in [0.29, 0.717) is 44.0 Å². The van der Waals surface area contributed by atoms with E-state index in [-0.39, 0.29) is 17.8 Å². The Balaban J connectivity index is 1.47. The number of urea groups is 1. The standard InChI is InChI=1S/C18H25FN2O2/c1-13-12-21(11-9-18(13,23)15-6-7-15)17(22)20-10-8-14-4-2-3-5-16(14)19/h2-5,13,15,23H,6-12H2,1H3,(H,20,22). The predicted octanol–water partition coefficient (Wildman–Crippen LogP) is 2.56. The first kappa shape index (κ1) is 16.2. The molecule has 1 saturated heterocycles. The van der Waals surface area contributed by atoms with Crippen LogP contribution in [0.2, 0.25) is 0 Å². The molecule has 3 rings (SSSR count). The third kappa shape index (κ3) is 3.50. The van der Waals surface area contributed by atoms with Gasteiger partial charge in [-0.05, 0) is 43.2 Å². The molecule has 2 unspecified atom stereocenters. The normalized spacial score (nSPS) is 27.8.